The number of hydrogen-bond donors (Lipinski definition) is 2. The number of nitrogens with one attached hydrogen (secondary N) is 1. The molecule has 21 heavy (non-hydrogen) atoms. The predicted octanol–water partition coefficient (Wildman–Crippen LogP) is 1.78. The summed E-state index contributed by atoms with van der Waals surface area (Å²) in [6, 6.07) is 5.86. The van der Waals surface area contributed by atoms with Gasteiger partial charge in [0.2, 0.25) is 0 Å². The zero-order valence-electron chi connectivity index (χ0n) is 12.2. The van der Waals surface area contributed by atoms with Gasteiger partial charge in [-0.2, -0.15) is 9.61 Å². The van der Waals surface area contributed by atoms with Crippen LogP contribution in [0.2, 0.25) is 0 Å². The van der Waals surface area contributed by atoms with Gasteiger partial charge >= 0.3 is 0 Å². The number of hydrogen-bond acceptors (Lipinski definition) is 5. The molecule has 3 heterocycles. The summed E-state index contributed by atoms with van der Waals surface area (Å²) in [5.41, 5.74) is 10.4. The highest BCUT2D eigenvalue weighted by Gasteiger charge is 2.12. The molecule has 0 fully saturated rings. The minimum atomic E-state index is 0.570. The first-order valence-corrected chi connectivity index (χ1v) is 6.92. The van der Waals surface area contributed by atoms with E-state index in [0.717, 1.165) is 34.0 Å². The standard InChI is InChI=1S/C15H18N6/c1-10-11(2)19-14-9-13(12-3-6-17-7-4-12)20-21(14)15(10)18-8-5-16/h3-4,6-7,9,18H,5,8,16H2,1-2H3. The third kappa shape index (κ3) is 2.45. The summed E-state index contributed by atoms with van der Waals surface area (Å²) in [5.74, 6) is 0.947. The largest absolute Gasteiger partial charge is 0.368 e. The van der Waals surface area contributed by atoms with E-state index in [-0.39, 0.29) is 0 Å². The van der Waals surface area contributed by atoms with Crippen molar-refractivity contribution in [2.45, 2.75) is 13.8 Å². The van der Waals surface area contributed by atoms with Crippen LogP contribution in [0.1, 0.15) is 11.3 Å². The first-order chi connectivity index (χ1) is 10.2. The van der Waals surface area contributed by atoms with E-state index in [2.05, 4.69) is 20.4 Å². The van der Waals surface area contributed by atoms with Crippen molar-refractivity contribution in [3.63, 3.8) is 0 Å². The van der Waals surface area contributed by atoms with Gasteiger partial charge in [-0.3, -0.25) is 4.98 Å². The van der Waals surface area contributed by atoms with Crippen LogP contribution in [0.25, 0.3) is 16.9 Å². The number of pyridine rings is 1. The molecule has 3 N–H and O–H groups in total. The average Bonchev–Trinajstić information content (AvgIpc) is 2.92. The highest BCUT2D eigenvalue weighted by atomic mass is 15.3. The molecular weight excluding hydrogens is 264 g/mol. The second-order valence-electron chi connectivity index (χ2n) is 4.92. The molecule has 0 aromatic carbocycles. The number of rotatable bonds is 4. The maximum absolute atomic E-state index is 5.59. The van der Waals surface area contributed by atoms with E-state index >= 15 is 0 Å². The molecule has 3 aromatic heterocycles. The molecule has 0 aliphatic heterocycles. The maximum atomic E-state index is 5.59. The molecule has 0 unspecified atom stereocenters. The van der Waals surface area contributed by atoms with Crippen LogP contribution < -0.4 is 11.1 Å². The lowest BCUT2D eigenvalue weighted by atomic mass is 10.2. The molecular formula is C15H18N6. The molecule has 0 aliphatic rings. The van der Waals surface area contributed by atoms with Crippen molar-refractivity contribution >= 4 is 11.5 Å². The summed E-state index contributed by atoms with van der Waals surface area (Å²) in [7, 11) is 0. The Balaban J connectivity index is 2.16. The second-order valence-corrected chi connectivity index (χ2v) is 4.92. The Kier molecular flexibility index (Phi) is 3.53. The smallest absolute Gasteiger partial charge is 0.158 e. The van der Waals surface area contributed by atoms with Crippen molar-refractivity contribution in [1.29, 1.82) is 0 Å². The maximum Gasteiger partial charge on any atom is 0.158 e. The van der Waals surface area contributed by atoms with Crippen LogP contribution >= 0.6 is 0 Å². The number of nitrogens with two attached hydrogens (primary N) is 1. The fraction of sp³-hybridized carbons (Fsp3) is 0.267. The Morgan fingerprint density at radius 1 is 1.24 bits per heavy atom. The van der Waals surface area contributed by atoms with Crippen molar-refractivity contribution < 1.29 is 0 Å². The third-order valence-corrected chi connectivity index (χ3v) is 3.50. The number of anilines is 1. The zero-order chi connectivity index (χ0) is 14.8. The van der Waals surface area contributed by atoms with Gasteiger partial charge in [0, 0.05) is 48.4 Å². The minimum absolute atomic E-state index is 0.570. The lowest BCUT2D eigenvalue weighted by Gasteiger charge is -2.12. The first kappa shape index (κ1) is 13.5. The number of aryl methyl sites for hydroxylation is 1. The van der Waals surface area contributed by atoms with Crippen LogP contribution in [0.5, 0.6) is 0 Å². The average molecular weight is 282 g/mol. The fourth-order valence-electron chi connectivity index (χ4n) is 2.26. The summed E-state index contributed by atoms with van der Waals surface area (Å²) in [6.07, 6.45) is 3.52. The summed E-state index contributed by atoms with van der Waals surface area (Å²) >= 11 is 0. The van der Waals surface area contributed by atoms with Gasteiger partial charge in [0.15, 0.2) is 5.65 Å². The summed E-state index contributed by atoms with van der Waals surface area (Å²) < 4.78 is 1.84. The minimum Gasteiger partial charge on any atom is -0.368 e. The molecule has 3 aromatic rings. The van der Waals surface area contributed by atoms with Crippen LogP contribution in [0.4, 0.5) is 5.82 Å². The Morgan fingerprint density at radius 2 is 2.00 bits per heavy atom. The van der Waals surface area contributed by atoms with E-state index < -0.39 is 0 Å². The Bertz CT molecular complexity index is 763. The van der Waals surface area contributed by atoms with Crippen LogP contribution in [0, 0.1) is 13.8 Å². The van der Waals surface area contributed by atoms with Crippen LogP contribution in [-0.2, 0) is 0 Å². The van der Waals surface area contributed by atoms with Gasteiger partial charge < -0.3 is 11.1 Å². The third-order valence-electron chi connectivity index (χ3n) is 3.50. The van der Waals surface area contributed by atoms with Crippen molar-refractivity contribution in [1.82, 2.24) is 19.6 Å². The van der Waals surface area contributed by atoms with Crippen molar-refractivity contribution in [2.24, 2.45) is 5.73 Å². The van der Waals surface area contributed by atoms with E-state index in [1.54, 1.807) is 12.4 Å². The van der Waals surface area contributed by atoms with Crippen LogP contribution in [0.15, 0.2) is 30.6 Å². The zero-order valence-corrected chi connectivity index (χ0v) is 12.2. The summed E-state index contributed by atoms with van der Waals surface area (Å²) in [6.45, 7) is 5.31. The Labute approximate surface area is 123 Å². The highest BCUT2D eigenvalue weighted by molar-refractivity contribution is 5.66. The molecule has 0 atom stereocenters. The lowest BCUT2D eigenvalue weighted by molar-refractivity contribution is 0.899. The van der Waals surface area contributed by atoms with Gasteiger partial charge in [-0.05, 0) is 26.0 Å². The van der Waals surface area contributed by atoms with Crippen LogP contribution in [-0.4, -0.2) is 32.7 Å². The molecule has 6 nitrogen and oxygen atoms in total. The van der Waals surface area contributed by atoms with E-state index in [4.69, 9.17) is 5.73 Å². The van der Waals surface area contributed by atoms with Gasteiger partial charge in [-0.1, -0.05) is 0 Å². The van der Waals surface area contributed by atoms with Crippen molar-refractivity contribution in [2.75, 3.05) is 18.4 Å². The van der Waals surface area contributed by atoms with Crippen LogP contribution in [0.3, 0.4) is 0 Å². The quantitative estimate of drug-likeness (QED) is 0.762. The molecule has 0 amide bonds. The molecule has 0 radical (unpaired) electrons. The normalized spacial score (nSPS) is 11.0. The lowest BCUT2D eigenvalue weighted by Crippen LogP contribution is -2.17. The molecule has 0 saturated heterocycles. The molecule has 0 bridgehead atoms. The SMILES string of the molecule is Cc1nc2cc(-c3ccncc3)nn2c(NCCN)c1C. The van der Waals surface area contributed by atoms with E-state index in [9.17, 15) is 0 Å². The van der Waals surface area contributed by atoms with E-state index in [1.165, 1.54) is 0 Å². The number of nitrogens with zero attached hydrogens (tertiary/aromatic N) is 4. The monoisotopic (exact) mass is 282 g/mol. The van der Waals surface area contributed by atoms with Gasteiger partial charge in [0.1, 0.15) is 5.82 Å². The van der Waals surface area contributed by atoms with Crippen molar-refractivity contribution in [3.05, 3.63) is 41.9 Å². The number of aromatic nitrogens is 4. The molecule has 6 heteroatoms. The fourth-order valence-corrected chi connectivity index (χ4v) is 2.26. The number of fused-ring (bicyclic) bond motifs is 1. The van der Waals surface area contributed by atoms with E-state index in [1.807, 2.05) is 36.6 Å². The first-order valence-electron chi connectivity index (χ1n) is 6.92. The molecule has 0 aliphatic carbocycles. The predicted molar refractivity (Wildman–Crippen MR) is 83.2 cm³/mol. The Morgan fingerprint density at radius 3 is 2.71 bits per heavy atom. The van der Waals surface area contributed by atoms with E-state index in [0.29, 0.717) is 13.1 Å². The molecule has 0 spiro atoms. The Hall–Kier alpha value is -2.47. The molecule has 3 rings (SSSR count). The molecule has 0 saturated carbocycles. The second kappa shape index (κ2) is 5.49. The van der Waals surface area contributed by atoms with Gasteiger partial charge in [-0.15, -0.1) is 0 Å². The summed E-state index contributed by atoms with van der Waals surface area (Å²) in [4.78, 5) is 8.64. The van der Waals surface area contributed by atoms with Gasteiger partial charge in [-0.25, -0.2) is 4.98 Å². The molecule has 108 valence electrons. The van der Waals surface area contributed by atoms with Crippen molar-refractivity contribution in [3.8, 4) is 11.3 Å². The van der Waals surface area contributed by atoms with Gasteiger partial charge in [0.25, 0.3) is 0 Å². The topological polar surface area (TPSA) is 81.1 Å². The summed E-state index contributed by atoms with van der Waals surface area (Å²) in [5, 5.41) is 8.00. The highest BCUT2D eigenvalue weighted by Crippen LogP contribution is 2.23. The van der Waals surface area contributed by atoms with Gasteiger partial charge in [0.05, 0.1) is 5.69 Å².